The minimum absolute atomic E-state index is 0.108. The van der Waals surface area contributed by atoms with E-state index in [1.807, 2.05) is 56.3 Å². The van der Waals surface area contributed by atoms with Gasteiger partial charge >= 0.3 is 0 Å². The van der Waals surface area contributed by atoms with Gasteiger partial charge in [0.1, 0.15) is 6.54 Å². The second kappa shape index (κ2) is 7.35. The maximum absolute atomic E-state index is 12.7. The predicted molar refractivity (Wildman–Crippen MR) is 103 cm³/mol. The van der Waals surface area contributed by atoms with E-state index in [9.17, 15) is 9.59 Å². The largest absolute Gasteiger partial charge is 0.314 e. The molecule has 0 saturated heterocycles. The number of anilines is 1. The first-order valence-electron chi connectivity index (χ1n) is 8.42. The molecular weight excluding hydrogens is 326 g/mol. The molecule has 0 fully saturated rings. The van der Waals surface area contributed by atoms with Gasteiger partial charge in [0, 0.05) is 24.4 Å². The van der Waals surface area contributed by atoms with Crippen LogP contribution in [0.4, 0.5) is 5.69 Å². The van der Waals surface area contributed by atoms with Crippen LogP contribution >= 0.6 is 0 Å². The van der Waals surface area contributed by atoms with Gasteiger partial charge < -0.3 is 4.90 Å². The van der Waals surface area contributed by atoms with Crippen molar-refractivity contribution in [2.24, 2.45) is 0 Å². The van der Waals surface area contributed by atoms with Gasteiger partial charge in [-0.3, -0.25) is 9.59 Å². The second-order valence-electron chi connectivity index (χ2n) is 6.38. The molecule has 5 heteroatoms. The summed E-state index contributed by atoms with van der Waals surface area (Å²) in [4.78, 5) is 26.4. The molecular formula is C21H21N3O2. The van der Waals surface area contributed by atoms with Gasteiger partial charge in [-0.25, -0.2) is 4.68 Å². The molecule has 0 bridgehead atoms. The molecule has 132 valence electrons. The number of nitrogens with zero attached hydrogens (tertiary/aromatic N) is 3. The lowest BCUT2D eigenvalue weighted by Gasteiger charge is -2.19. The maximum atomic E-state index is 12.7. The number of rotatable bonds is 4. The Hall–Kier alpha value is -3.21. The summed E-state index contributed by atoms with van der Waals surface area (Å²) in [5, 5.41) is 4.35. The zero-order valence-corrected chi connectivity index (χ0v) is 15.1. The maximum Gasteiger partial charge on any atom is 0.267 e. The van der Waals surface area contributed by atoms with Crippen LogP contribution in [-0.2, 0) is 11.3 Å². The Bertz CT molecular complexity index is 973. The molecule has 26 heavy (non-hydrogen) atoms. The van der Waals surface area contributed by atoms with Crippen molar-refractivity contribution in [2.75, 3.05) is 11.9 Å². The average Bonchev–Trinajstić information content (AvgIpc) is 2.62. The molecule has 0 aliphatic carbocycles. The quantitative estimate of drug-likeness (QED) is 0.728. The molecule has 2 aromatic carbocycles. The van der Waals surface area contributed by atoms with Crippen molar-refractivity contribution in [3.05, 3.63) is 82.1 Å². The summed E-state index contributed by atoms with van der Waals surface area (Å²) >= 11 is 0. The van der Waals surface area contributed by atoms with Crippen molar-refractivity contribution in [1.29, 1.82) is 0 Å². The number of carbonyl (C=O) groups is 1. The van der Waals surface area contributed by atoms with Crippen molar-refractivity contribution >= 4 is 11.6 Å². The van der Waals surface area contributed by atoms with Crippen LogP contribution in [0.5, 0.6) is 0 Å². The molecule has 3 aromatic rings. The van der Waals surface area contributed by atoms with Crippen LogP contribution in [0.1, 0.15) is 11.1 Å². The zero-order valence-electron chi connectivity index (χ0n) is 15.1. The summed E-state index contributed by atoms with van der Waals surface area (Å²) in [7, 11) is 1.71. The molecule has 0 radical (unpaired) electrons. The second-order valence-corrected chi connectivity index (χ2v) is 6.38. The highest BCUT2D eigenvalue weighted by molar-refractivity contribution is 5.92. The summed E-state index contributed by atoms with van der Waals surface area (Å²) in [5.74, 6) is -0.199. The van der Waals surface area contributed by atoms with Gasteiger partial charge in [0.05, 0.1) is 5.69 Å². The van der Waals surface area contributed by atoms with E-state index in [-0.39, 0.29) is 18.0 Å². The Balaban J connectivity index is 1.86. The number of aryl methyl sites for hydroxylation is 2. The molecule has 0 aliphatic heterocycles. The third kappa shape index (κ3) is 3.88. The molecule has 0 aliphatic rings. The first-order valence-corrected chi connectivity index (χ1v) is 8.42. The summed E-state index contributed by atoms with van der Waals surface area (Å²) in [6.45, 7) is 3.87. The number of carbonyl (C=O) groups excluding carboxylic acids is 1. The van der Waals surface area contributed by atoms with E-state index in [0.29, 0.717) is 5.69 Å². The molecule has 0 spiro atoms. The Labute approximate surface area is 152 Å². The van der Waals surface area contributed by atoms with E-state index in [1.165, 1.54) is 10.7 Å². The summed E-state index contributed by atoms with van der Waals surface area (Å²) < 4.78 is 1.21. The lowest BCUT2D eigenvalue weighted by atomic mass is 10.1. The fourth-order valence-electron chi connectivity index (χ4n) is 2.85. The van der Waals surface area contributed by atoms with Gasteiger partial charge in [-0.2, -0.15) is 5.10 Å². The van der Waals surface area contributed by atoms with E-state index in [4.69, 9.17) is 0 Å². The van der Waals surface area contributed by atoms with Crippen LogP contribution in [0.15, 0.2) is 65.5 Å². The molecule has 0 N–H and O–H groups in total. The topological polar surface area (TPSA) is 55.2 Å². The van der Waals surface area contributed by atoms with Crippen LogP contribution in [-0.4, -0.2) is 22.7 Å². The van der Waals surface area contributed by atoms with Crippen molar-refractivity contribution in [3.8, 4) is 11.3 Å². The standard InChI is InChI=1S/C21H21N3O2/c1-15-11-16(2)13-18(12-15)23(3)21(26)14-24-20(25)10-9-19(22-24)17-7-5-4-6-8-17/h4-13H,14H2,1-3H3. The monoisotopic (exact) mass is 347 g/mol. The number of hydrogen-bond acceptors (Lipinski definition) is 3. The van der Waals surface area contributed by atoms with E-state index in [1.54, 1.807) is 18.0 Å². The summed E-state index contributed by atoms with van der Waals surface area (Å²) in [6, 6.07) is 18.6. The van der Waals surface area contributed by atoms with E-state index in [2.05, 4.69) is 11.2 Å². The van der Waals surface area contributed by atoms with Crippen LogP contribution in [0.2, 0.25) is 0 Å². The molecule has 1 amide bonds. The van der Waals surface area contributed by atoms with E-state index in [0.717, 1.165) is 22.4 Å². The van der Waals surface area contributed by atoms with Crippen LogP contribution in [0, 0.1) is 13.8 Å². The fraction of sp³-hybridized carbons (Fsp3) is 0.190. The van der Waals surface area contributed by atoms with Gasteiger partial charge in [0.15, 0.2) is 0 Å². The lowest BCUT2D eigenvalue weighted by Crippen LogP contribution is -2.35. The molecule has 1 heterocycles. The van der Waals surface area contributed by atoms with Crippen molar-refractivity contribution in [3.63, 3.8) is 0 Å². The SMILES string of the molecule is Cc1cc(C)cc(N(C)C(=O)Cn2nc(-c3ccccc3)ccc2=O)c1. The molecule has 3 rings (SSSR count). The minimum atomic E-state index is -0.299. The Kier molecular flexibility index (Phi) is 4.98. The van der Waals surface area contributed by atoms with Gasteiger partial charge in [-0.15, -0.1) is 0 Å². The van der Waals surface area contributed by atoms with E-state index < -0.39 is 0 Å². The highest BCUT2D eigenvalue weighted by atomic mass is 16.2. The number of hydrogen-bond donors (Lipinski definition) is 0. The van der Waals surface area contributed by atoms with E-state index >= 15 is 0 Å². The summed E-state index contributed by atoms with van der Waals surface area (Å²) in [5.41, 5.74) is 4.23. The number of benzene rings is 2. The zero-order chi connectivity index (χ0) is 18.7. The minimum Gasteiger partial charge on any atom is -0.314 e. The van der Waals surface area contributed by atoms with Crippen molar-refractivity contribution in [2.45, 2.75) is 20.4 Å². The normalized spacial score (nSPS) is 10.6. The van der Waals surface area contributed by atoms with Crippen LogP contribution < -0.4 is 10.5 Å². The van der Waals surface area contributed by atoms with Crippen molar-refractivity contribution in [1.82, 2.24) is 9.78 Å². The van der Waals surface area contributed by atoms with Crippen LogP contribution in [0.25, 0.3) is 11.3 Å². The first kappa shape index (κ1) is 17.6. The first-order chi connectivity index (χ1) is 12.4. The predicted octanol–water partition coefficient (Wildman–Crippen LogP) is 3.19. The van der Waals surface area contributed by atoms with Gasteiger partial charge in [-0.1, -0.05) is 36.4 Å². The highest BCUT2D eigenvalue weighted by Gasteiger charge is 2.14. The van der Waals surface area contributed by atoms with Gasteiger partial charge in [0.25, 0.3) is 5.56 Å². The third-order valence-electron chi connectivity index (χ3n) is 4.19. The Morgan fingerprint density at radius 3 is 2.31 bits per heavy atom. The molecule has 5 nitrogen and oxygen atoms in total. The summed E-state index contributed by atoms with van der Waals surface area (Å²) in [6.07, 6.45) is 0. The number of amides is 1. The number of likely N-dealkylation sites (N-methyl/N-ethyl adjacent to an activating group) is 1. The number of aromatic nitrogens is 2. The third-order valence-corrected chi connectivity index (χ3v) is 4.19. The molecule has 0 unspecified atom stereocenters. The Morgan fingerprint density at radius 1 is 1.00 bits per heavy atom. The average molecular weight is 347 g/mol. The smallest absolute Gasteiger partial charge is 0.267 e. The van der Waals surface area contributed by atoms with Gasteiger partial charge in [-0.05, 0) is 43.2 Å². The Morgan fingerprint density at radius 2 is 1.65 bits per heavy atom. The van der Waals surface area contributed by atoms with Crippen molar-refractivity contribution < 1.29 is 4.79 Å². The lowest BCUT2D eigenvalue weighted by molar-refractivity contribution is -0.119. The highest BCUT2D eigenvalue weighted by Crippen LogP contribution is 2.18. The molecule has 0 atom stereocenters. The van der Waals surface area contributed by atoms with Gasteiger partial charge in [0.2, 0.25) is 5.91 Å². The molecule has 0 saturated carbocycles. The van der Waals surface area contributed by atoms with Crippen LogP contribution in [0.3, 0.4) is 0 Å². The molecule has 1 aromatic heterocycles. The fourth-order valence-corrected chi connectivity index (χ4v) is 2.85.